The van der Waals surface area contributed by atoms with Gasteiger partial charge in [-0.1, -0.05) is 49.7 Å². The Morgan fingerprint density at radius 1 is 1.10 bits per heavy atom. The lowest BCUT2D eigenvalue weighted by Crippen LogP contribution is -1.92. The largest absolute Gasteiger partial charge is 0.301 e. The van der Waals surface area contributed by atoms with E-state index >= 15 is 0 Å². The predicted octanol–water partition coefficient (Wildman–Crippen LogP) is 5.52. The zero-order valence-corrected chi connectivity index (χ0v) is 13.5. The zero-order valence-electron chi connectivity index (χ0n) is 12.0. The van der Waals surface area contributed by atoms with E-state index in [2.05, 4.69) is 43.1 Å². The zero-order chi connectivity index (χ0) is 15.0. The molecule has 0 radical (unpaired) electrons. The Bertz CT molecular complexity index is 773. The highest BCUT2D eigenvalue weighted by Crippen LogP contribution is 2.28. The van der Waals surface area contributed by atoms with Crippen molar-refractivity contribution in [2.24, 2.45) is 0 Å². The van der Waals surface area contributed by atoms with E-state index in [4.69, 9.17) is 23.2 Å². The minimum absolute atomic E-state index is 0.392. The molecule has 0 aliphatic rings. The summed E-state index contributed by atoms with van der Waals surface area (Å²) >= 11 is 12.2. The molecule has 0 N–H and O–H groups in total. The number of hydrogen-bond donors (Lipinski definition) is 0. The van der Waals surface area contributed by atoms with Crippen LogP contribution in [-0.2, 0) is 5.88 Å². The summed E-state index contributed by atoms with van der Waals surface area (Å²) < 4.78 is 1.96. The molecule has 0 spiro atoms. The molecule has 0 fully saturated rings. The molecule has 0 saturated carbocycles. The normalized spacial score (nSPS) is 11.5. The first-order chi connectivity index (χ1) is 10.1. The molecule has 0 atom stereocenters. The van der Waals surface area contributed by atoms with Crippen LogP contribution < -0.4 is 0 Å². The van der Waals surface area contributed by atoms with Crippen LogP contribution in [0.4, 0.5) is 0 Å². The molecule has 0 saturated heterocycles. The molecule has 21 heavy (non-hydrogen) atoms. The third-order valence-electron chi connectivity index (χ3n) is 3.66. The van der Waals surface area contributed by atoms with Gasteiger partial charge in [-0.25, -0.2) is 4.98 Å². The molecule has 0 amide bonds. The molecule has 0 aliphatic heterocycles. The predicted molar refractivity (Wildman–Crippen MR) is 89.3 cm³/mol. The molecule has 2 nitrogen and oxygen atoms in total. The Hall–Kier alpha value is -1.51. The van der Waals surface area contributed by atoms with Crippen LogP contribution in [0, 0.1) is 0 Å². The van der Waals surface area contributed by atoms with E-state index in [9.17, 15) is 0 Å². The van der Waals surface area contributed by atoms with Gasteiger partial charge < -0.3 is 4.40 Å². The number of imidazole rings is 1. The van der Waals surface area contributed by atoms with Gasteiger partial charge in [-0.2, -0.15) is 0 Å². The monoisotopic (exact) mass is 318 g/mol. The van der Waals surface area contributed by atoms with E-state index in [1.807, 2.05) is 22.7 Å². The van der Waals surface area contributed by atoms with Crippen molar-refractivity contribution in [2.45, 2.75) is 25.6 Å². The number of nitrogens with zero attached hydrogens (tertiary/aromatic N) is 2. The quantitative estimate of drug-likeness (QED) is 0.581. The van der Waals surface area contributed by atoms with Crippen molar-refractivity contribution < 1.29 is 0 Å². The lowest BCUT2D eigenvalue weighted by molar-refractivity contribution is 0.867. The highest BCUT2D eigenvalue weighted by Gasteiger charge is 2.13. The number of alkyl halides is 1. The number of pyridine rings is 1. The van der Waals surface area contributed by atoms with Crippen LogP contribution in [0.3, 0.4) is 0 Å². The van der Waals surface area contributed by atoms with Crippen molar-refractivity contribution in [1.82, 2.24) is 9.38 Å². The fourth-order valence-electron chi connectivity index (χ4n) is 2.45. The minimum atomic E-state index is 0.392. The highest BCUT2D eigenvalue weighted by molar-refractivity contribution is 6.30. The maximum atomic E-state index is 6.13. The first-order valence-electron chi connectivity index (χ1n) is 6.93. The van der Waals surface area contributed by atoms with Gasteiger partial charge in [0.1, 0.15) is 5.65 Å². The number of fused-ring (bicyclic) bond motifs is 1. The van der Waals surface area contributed by atoms with Crippen molar-refractivity contribution >= 4 is 28.8 Å². The van der Waals surface area contributed by atoms with Crippen molar-refractivity contribution in [2.75, 3.05) is 0 Å². The molecule has 0 unspecified atom stereocenters. The van der Waals surface area contributed by atoms with Crippen molar-refractivity contribution in [3.8, 4) is 11.3 Å². The molecule has 2 aromatic heterocycles. The summed E-state index contributed by atoms with van der Waals surface area (Å²) in [5.41, 5.74) is 5.14. The molecule has 2 heterocycles. The van der Waals surface area contributed by atoms with Gasteiger partial charge in [0.05, 0.1) is 22.3 Å². The number of aromatic nitrogens is 2. The Morgan fingerprint density at radius 3 is 2.43 bits per heavy atom. The SMILES string of the molecule is CC(C)c1ccc(-c2nc3ccc(Cl)cn3c2CCl)cc1. The standard InChI is InChI=1S/C17H16Cl2N2/c1-11(2)12-3-5-13(6-4-12)17-15(9-18)21-10-14(19)7-8-16(21)20-17/h3-8,10-11H,9H2,1-2H3. The van der Waals surface area contributed by atoms with Crippen molar-refractivity contribution in [3.05, 3.63) is 58.9 Å². The smallest absolute Gasteiger partial charge is 0.137 e. The molecular weight excluding hydrogens is 303 g/mol. The van der Waals surface area contributed by atoms with Crippen LogP contribution in [-0.4, -0.2) is 9.38 Å². The third kappa shape index (κ3) is 2.66. The second-order valence-electron chi connectivity index (χ2n) is 5.39. The highest BCUT2D eigenvalue weighted by atomic mass is 35.5. The maximum Gasteiger partial charge on any atom is 0.137 e. The van der Waals surface area contributed by atoms with Gasteiger partial charge in [-0.3, -0.25) is 0 Å². The average molecular weight is 319 g/mol. The summed E-state index contributed by atoms with van der Waals surface area (Å²) in [4.78, 5) is 4.69. The van der Waals surface area contributed by atoms with Gasteiger partial charge in [0.15, 0.2) is 0 Å². The third-order valence-corrected chi connectivity index (χ3v) is 4.14. The lowest BCUT2D eigenvalue weighted by Gasteiger charge is -2.06. The van der Waals surface area contributed by atoms with Gasteiger partial charge in [-0.05, 0) is 23.6 Å². The topological polar surface area (TPSA) is 17.3 Å². The van der Waals surface area contributed by atoms with Crippen molar-refractivity contribution in [1.29, 1.82) is 0 Å². The maximum absolute atomic E-state index is 6.13. The second-order valence-corrected chi connectivity index (χ2v) is 6.10. The number of rotatable bonds is 3. The van der Waals surface area contributed by atoms with E-state index in [1.54, 1.807) is 0 Å². The molecule has 4 heteroatoms. The number of hydrogen-bond acceptors (Lipinski definition) is 1. The fourth-order valence-corrected chi connectivity index (χ4v) is 2.87. The minimum Gasteiger partial charge on any atom is -0.301 e. The molecule has 108 valence electrons. The fraction of sp³-hybridized carbons (Fsp3) is 0.235. The first-order valence-corrected chi connectivity index (χ1v) is 7.84. The summed E-state index contributed by atoms with van der Waals surface area (Å²) in [6.07, 6.45) is 1.85. The Kier molecular flexibility index (Phi) is 3.92. The summed E-state index contributed by atoms with van der Waals surface area (Å²) in [6.45, 7) is 4.37. The summed E-state index contributed by atoms with van der Waals surface area (Å²) in [5, 5.41) is 0.674. The Balaban J connectivity index is 2.15. The number of halogens is 2. The molecule has 3 aromatic rings. The summed E-state index contributed by atoms with van der Waals surface area (Å²) in [7, 11) is 0. The van der Waals surface area contributed by atoms with E-state index in [0.717, 1.165) is 22.6 Å². The molecule has 3 rings (SSSR count). The van der Waals surface area contributed by atoms with Crippen LogP contribution in [0.25, 0.3) is 16.9 Å². The second kappa shape index (κ2) is 5.70. The average Bonchev–Trinajstić information content (AvgIpc) is 2.85. The van der Waals surface area contributed by atoms with Gasteiger partial charge in [0.25, 0.3) is 0 Å². The molecule has 1 aromatic carbocycles. The van der Waals surface area contributed by atoms with Gasteiger partial charge in [0.2, 0.25) is 0 Å². The van der Waals surface area contributed by atoms with Crippen LogP contribution in [0.5, 0.6) is 0 Å². The lowest BCUT2D eigenvalue weighted by atomic mass is 10.0. The van der Waals surface area contributed by atoms with Gasteiger partial charge in [-0.15, -0.1) is 11.6 Å². The van der Waals surface area contributed by atoms with Crippen LogP contribution in [0.15, 0.2) is 42.6 Å². The Morgan fingerprint density at radius 2 is 1.81 bits per heavy atom. The summed E-state index contributed by atoms with van der Waals surface area (Å²) in [6, 6.07) is 12.3. The van der Waals surface area contributed by atoms with Gasteiger partial charge in [0, 0.05) is 11.8 Å². The molecular formula is C17H16Cl2N2. The van der Waals surface area contributed by atoms with Crippen LogP contribution >= 0.6 is 23.2 Å². The van der Waals surface area contributed by atoms with E-state index in [-0.39, 0.29) is 0 Å². The van der Waals surface area contributed by atoms with E-state index in [0.29, 0.717) is 16.8 Å². The van der Waals surface area contributed by atoms with Crippen LogP contribution in [0.2, 0.25) is 5.02 Å². The molecule has 0 aliphatic carbocycles. The number of benzene rings is 1. The van der Waals surface area contributed by atoms with Gasteiger partial charge >= 0.3 is 0 Å². The molecule has 0 bridgehead atoms. The Labute approximate surface area is 134 Å². The van der Waals surface area contributed by atoms with E-state index in [1.165, 1.54) is 5.56 Å². The first kappa shape index (κ1) is 14.4. The van der Waals surface area contributed by atoms with Crippen molar-refractivity contribution in [3.63, 3.8) is 0 Å². The van der Waals surface area contributed by atoms with E-state index < -0.39 is 0 Å². The summed E-state index contributed by atoms with van der Waals surface area (Å²) in [5.74, 6) is 0.911. The van der Waals surface area contributed by atoms with Crippen LogP contribution in [0.1, 0.15) is 31.0 Å².